The molecule has 6 nitrogen and oxygen atoms in total. The highest BCUT2D eigenvalue weighted by atomic mass is 16.5. The van der Waals surface area contributed by atoms with Gasteiger partial charge < -0.3 is 10.1 Å². The number of rotatable bonds is 4. The Balaban J connectivity index is 1.83. The van der Waals surface area contributed by atoms with Crippen molar-refractivity contribution in [2.45, 2.75) is 6.54 Å². The van der Waals surface area contributed by atoms with Crippen LogP contribution in [0.1, 0.15) is 15.9 Å². The Hall–Kier alpha value is -3.15. The number of hydrogen-bond acceptors (Lipinski definition) is 4. The first kappa shape index (κ1) is 15.7. The summed E-state index contributed by atoms with van der Waals surface area (Å²) in [6.45, 7) is 0.330. The number of pyridine rings is 2. The predicted octanol–water partition coefficient (Wildman–Crippen LogP) is 1.87. The fraction of sp³-hybridized carbons (Fsp3) is 0.167. The van der Waals surface area contributed by atoms with E-state index in [4.69, 9.17) is 4.74 Å². The number of ether oxygens (including phenoxy) is 1. The van der Waals surface area contributed by atoms with Crippen molar-refractivity contribution < 1.29 is 9.53 Å². The summed E-state index contributed by atoms with van der Waals surface area (Å²) in [6, 6.07) is 12.5. The Bertz CT molecular complexity index is 946. The van der Waals surface area contributed by atoms with E-state index in [9.17, 15) is 9.59 Å². The molecule has 0 aliphatic heterocycles. The zero-order chi connectivity index (χ0) is 17.1. The van der Waals surface area contributed by atoms with Gasteiger partial charge in [0.15, 0.2) is 0 Å². The van der Waals surface area contributed by atoms with E-state index in [0.717, 1.165) is 16.7 Å². The SMILES string of the molecule is COc1ccc(CNC(=O)c2cc3cccnc3n(C)c2=O)cc1. The zero-order valence-electron chi connectivity index (χ0n) is 13.4. The normalized spacial score (nSPS) is 10.6. The first-order valence-electron chi connectivity index (χ1n) is 7.46. The van der Waals surface area contributed by atoms with E-state index in [1.54, 1.807) is 32.5 Å². The van der Waals surface area contributed by atoms with Crippen LogP contribution in [0.25, 0.3) is 11.0 Å². The third-order valence-electron chi connectivity index (χ3n) is 3.83. The monoisotopic (exact) mass is 323 g/mol. The van der Waals surface area contributed by atoms with Gasteiger partial charge in [0.1, 0.15) is 17.0 Å². The van der Waals surface area contributed by atoms with Gasteiger partial charge in [-0.05, 0) is 35.9 Å². The van der Waals surface area contributed by atoms with Crippen molar-refractivity contribution in [2.24, 2.45) is 7.05 Å². The van der Waals surface area contributed by atoms with Crippen LogP contribution in [0, 0.1) is 0 Å². The Labute approximate surface area is 138 Å². The van der Waals surface area contributed by atoms with Gasteiger partial charge in [0.25, 0.3) is 11.5 Å². The van der Waals surface area contributed by atoms with E-state index in [0.29, 0.717) is 12.2 Å². The number of hydrogen-bond donors (Lipinski definition) is 1. The molecule has 1 amide bonds. The number of methoxy groups -OCH3 is 1. The summed E-state index contributed by atoms with van der Waals surface area (Å²) in [5.41, 5.74) is 1.21. The number of carbonyl (C=O) groups excluding carboxylic acids is 1. The van der Waals surface area contributed by atoms with Gasteiger partial charge in [0.2, 0.25) is 0 Å². The number of aromatic nitrogens is 2. The van der Waals surface area contributed by atoms with Crippen LogP contribution in [0.3, 0.4) is 0 Å². The van der Waals surface area contributed by atoms with Crippen LogP contribution in [0.15, 0.2) is 53.5 Å². The molecular formula is C18H17N3O3. The maximum Gasteiger partial charge on any atom is 0.264 e. The summed E-state index contributed by atoms with van der Waals surface area (Å²) >= 11 is 0. The second kappa shape index (κ2) is 6.54. The Morgan fingerprint density at radius 1 is 1.25 bits per heavy atom. The minimum Gasteiger partial charge on any atom is -0.497 e. The molecule has 0 bridgehead atoms. The number of nitrogens with one attached hydrogen (secondary N) is 1. The molecule has 3 aromatic rings. The number of aryl methyl sites for hydroxylation is 1. The third kappa shape index (κ3) is 2.99. The lowest BCUT2D eigenvalue weighted by atomic mass is 10.1. The fourth-order valence-electron chi connectivity index (χ4n) is 2.48. The van der Waals surface area contributed by atoms with Crippen molar-refractivity contribution >= 4 is 16.9 Å². The number of fused-ring (bicyclic) bond motifs is 1. The molecule has 0 atom stereocenters. The van der Waals surface area contributed by atoms with Gasteiger partial charge >= 0.3 is 0 Å². The van der Waals surface area contributed by atoms with Crippen LogP contribution in [-0.4, -0.2) is 22.6 Å². The van der Waals surface area contributed by atoms with E-state index in [1.807, 2.05) is 30.3 Å². The van der Waals surface area contributed by atoms with Gasteiger partial charge in [0.05, 0.1) is 7.11 Å². The topological polar surface area (TPSA) is 73.2 Å². The molecule has 24 heavy (non-hydrogen) atoms. The van der Waals surface area contributed by atoms with E-state index < -0.39 is 5.91 Å². The van der Waals surface area contributed by atoms with Crippen LogP contribution >= 0.6 is 0 Å². The first-order chi connectivity index (χ1) is 11.6. The molecule has 2 aromatic heterocycles. The first-order valence-corrected chi connectivity index (χ1v) is 7.46. The lowest BCUT2D eigenvalue weighted by molar-refractivity contribution is 0.0949. The molecule has 1 N–H and O–H groups in total. The van der Waals surface area contributed by atoms with Crippen molar-refractivity contribution in [3.63, 3.8) is 0 Å². The summed E-state index contributed by atoms with van der Waals surface area (Å²) in [5, 5.41) is 3.52. The van der Waals surface area contributed by atoms with Crippen molar-refractivity contribution in [3.8, 4) is 5.75 Å². The fourth-order valence-corrected chi connectivity index (χ4v) is 2.48. The van der Waals surface area contributed by atoms with Crippen LogP contribution < -0.4 is 15.6 Å². The highest BCUT2D eigenvalue weighted by Crippen LogP contribution is 2.12. The zero-order valence-corrected chi connectivity index (χ0v) is 13.4. The average molecular weight is 323 g/mol. The number of amides is 1. The molecule has 6 heteroatoms. The molecule has 122 valence electrons. The highest BCUT2D eigenvalue weighted by Gasteiger charge is 2.14. The van der Waals surface area contributed by atoms with Gasteiger partial charge in [-0.1, -0.05) is 12.1 Å². The third-order valence-corrected chi connectivity index (χ3v) is 3.83. The molecule has 3 rings (SSSR count). The second-order valence-corrected chi connectivity index (χ2v) is 5.37. The lowest BCUT2D eigenvalue weighted by Crippen LogP contribution is -2.32. The van der Waals surface area contributed by atoms with Crippen molar-refractivity contribution in [1.82, 2.24) is 14.9 Å². The van der Waals surface area contributed by atoms with Gasteiger partial charge in [0, 0.05) is 25.2 Å². The summed E-state index contributed by atoms with van der Waals surface area (Å²) < 4.78 is 6.48. The maximum atomic E-state index is 12.4. The standard InChI is InChI=1S/C18H17N3O3/c1-21-16-13(4-3-9-19-16)10-15(18(21)23)17(22)20-11-12-5-7-14(24-2)8-6-12/h3-10H,11H2,1-2H3,(H,20,22). The second-order valence-electron chi connectivity index (χ2n) is 5.37. The van der Waals surface area contributed by atoms with E-state index in [1.165, 1.54) is 4.57 Å². The van der Waals surface area contributed by atoms with Gasteiger partial charge in [-0.15, -0.1) is 0 Å². The van der Waals surface area contributed by atoms with Crippen LogP contribution in [0.4, 0.5) is 0 Å². The van der Waals surface area contributed by atoms with Crippen molar-refractivity contribution in [3.05, 3.63) is 70.1 Å². The summed E-state index contributed by atoms with van der Waals surface area (Å²) in [7, 11) is 3.21. The van der Waals surface area contributed by atoms with Gasteiger partial charge in [-0.2, -0.15) is 0 Å². The molecule has 0 aliphatic carbocycles. The van der Waals surface area contributed by atoms with Crippen molar-refractivity contribution in [2.75, 3.05) is 7.11 Å². The molecule has 0 fully saturated rings. The maximum absolute atomic E-state index is 12.4. The van der Waals surface area contributed by atoms with Crippen molar-refractivity contribution in [1.29, 1.82) is 0 Å². The lowest BCUT2D eigenvalue weighted by Gasteiger charge is -2.09. The average Bonchev–Trinajstić information content (AvgIpc) is 2.63. The van der Waals surface area contributed by atoms with E-state index in [2.05, 4.69) is 10.3 Å². The quantitative estimate of drug-likeness (QED) is 0.795. The summed E-state index contributed by atoms with van der Waals surface area (Å²) in [6.07, 6.45) is 1.62. The number of carbonyl (C=O) groups is 1. The Morgan fingerprint density at radius 3 is 2.71 bits per heavy atom. The van der Waals surface area contributed by atoms with Crippen LogP contribution in [0.2, 0.25) is 0 Å². The molecule has 2 heterocycles. The van der Waals surface area contributed by atoms with E-state index in [-0.39, 0.29) is 11.1 Å². The minimum absolute atomic E-state index is 0.103. The van der Waals surface area contributed by atoms with E-state index >= 15 is 0 Å². The molecule has 0 unspecified atom stereocenters. The summed E-state index contributed by atoms with van der Waals surface area (Å²) in [5.74, 6) is 0.346. The summed E-state index contributed by atoms with van der Waals surface area (Å²) in [4.78, 5) is 28.9. The molecule has 0 spiro atoms. The highest BCUT2D eigenvalue weighted by molar-refractivity contribution is 5.96. The van der Waals surface area contributed by atoms with Gasteiger partial charge in [-0.3, -0.25) is 14.2 Å². The molecule has 0 radical (unpaired) electrons. The Kier molecular flexibility index (Phi) is 4.29. The van der Waals surface area contributed by atoms with Gasteiger partial charge in [-0.25, -0.2) is 4.98 Å². The molecule has 0 aliphatic rings. The number of nitrogens with zero attached hydrogens (tertiary/aromatic N) is 2. The predicted molar refractivity (Wildman–Crippen MR) is 91.1 cm³/mol. The Morgan fingerprint density at radius 2 is 2.00 bits per heavy atom. The largest absolute Gasteiger partial charge is 0.497 e. The molecule has 1 aromatic carbocycles. The number of benzene rings is 1. The molecule has 0 saturated heterocycles. The smallest absolute Gasteiger partial charge is 0.264 e. The molecular weight excluding hydrogens is 306 g/mol. The molecule has 0 saturated carbocycles. The van der Waals surface area contributed by atoms with Crippen LogP contribution in [-0.2, 0) is 13.6 Å². The van der Waals surface area contributed by atoms with Crippen LogP contribution in [0.5, 0.6) is 5.75 Å². The minimum atomic E-state index is -0.405.